The van der Waals surface area contributed by atoms with Crippen molar-refractivity contribution in [1.82, 2.24) is 15.1 Å². The van der Waals surface area contributed by atoms with E-state index in [0.717, 1.165) is 25.1 Å². The lowest BCUT2D eigenvalue weighted by Crippen LogP contribution is -2.21. The van der Waals surface area contributed by atoms with E-state index in [4.69, 9.17) is 0 Å². The van der Waals surface area contributed by atoms with E-state index in [1.165, 1.54) is 16.6 Å². The number of nitrogens with zero attached hydrogens (tertiary/aromatic N) is 2. The van der Waals surface area contributed by atoms with Crippen LogP contribution >= 0.6 is 15.9 Å². The SMILES string of the molecule is CCc1nn(C)c(CC(CC)CNC)c1Br. The molecule has 0 aliphatic carbocycles. The topological polar surface area (TPSA) is 29.9 Å². The molecule has 0 amide bonds. The maximum atomic E-state index is 4.53. The third-order valence-corrected chi connectivity index (χ3v) is 3.97. The van der Waals surface area contributed by atoms with Crippen molar-refractivity contribution in [2.24, 2.45) is 13.0 Å². The molecule has 1 unspecified atom stereocenters. The van der Waals surface area contributed by atoms with E-state index in [0.29, 0.717) is 5.92 Å². The van der Waals surface area contributed by atoms with Gasteiger partial charge in [-0.15, -0.1) is 0 Å². The Morgan fingerprint density at radius 1 is 1.44 bits per heavy atom. The van der Waals surface area contributed by atoms with Gasteiger partial charge in [0.25, 0.3) is 0 Å². The first-order chi connectivity index (χ1) is 7.63. The highest BCUT2D eigenvalue weighted by Crippen LogP contribution is 2.24. The van der Waals surface area contributed by atoms with Crippen LogP contribution in [0.2, 0.25) is 0 Å². The monoisotopic (exact) mass is 287 g/mol. The zero-order valence-corrected chi connectivity index (χ0v) is 12.3. The van der Waals surface area contributed by atoms with Crippen LogP contribution in [0.1, 0.15) is 31.7 Å². The second kappa shape index (κ2) is 6.40. The highest BCUT2D eigenvalue weighted by molar-refractivity contribution is 9.10. The van der Waals surface area contributed by atoms with Gasteiger partial charge in [-0.2, -0.15) is 5.10 Å². The fourth-order valence-electron chi connectivity index (χ4n) is 1.96. The number of halogens is 1. The predicted molar refractivity (Wildman–Crippen MR) is 71.7 cm³/mol. The van der Waals surface area contributed by atoms with Gasteiger partial charge in [-0.05, 0) is 48.3 Å². The normalized spacial score (nSPS) is 13.1. The Balaban J connectivity index is 2.82. The van der Waals surface area contributed by atoms with Gasteiger partial charge in [0.05, 0.1) is 15.9 Å². The highest BCUT2D eigenvalue weighted by atomic mass is 79.9. The molecule has 0 aliphatic heterocycles. The molecule has 0 aromatic carbocycles. The lowest BCUT2D eigenvalue weighted by atomic mass is 10.00. The quantitative estimate of drug-likeness (QED) is 0.871. The number of hydrogen-bond donors (Lipinski definition) is 1. The van der Waals surface area contributed by atoms with Crippen molar-refractivity contribution in [3.8, 4) is 0 Å². The lowest BCUT2D eigenvalue weighted by Gasteiger charge is -2.14. The van der Waals surface area contributed by atoms with Crippen LogP contribution in [0.4, 0.5) is 0 Å². The van der Waals surface area contributed by atoms with E-state index in [9.17, 15) is 0 Å². The van der Waals surface area contributed by atoms with Gasteiger partial charge < -0.3 is 5.32 Å². The molecule has 1 N–H and O–H groups in total. The van der Waals surface area contributed by atoms with Gasteiger partial charge in [0.15, 0.2) is 0 Å². The summed E-state index contributed by atoms with van der Waals surface area (Å²) in [6.45, 7) is 5.45. The molecule has 1 heterocycles. The molecule has 0 radical (unpaired) electrons. The van der Waals surface area contributed by atoms with Gasteiger partial charge >= 0.3 is 0 Å². The fraction of sp³-hybridized carbons (Fsp3) is 0.750. The first-order valence-electron chi connectivity index (χ1n) is 5.98. The molecule has 1 aromatic rings. The number of aryl methyl sites for hydroxylation is 2. The van der Waals surface area contributed by atoms with Crippen molar-refractivity contribution in [2.45, 2.75) is 33.1 Å². The predicted octanol–water partition coefficient (Wildman–Crippen LogP) is 2.53. The van der Waals surface area contributed by atoms with Crippen LogP contribution in [0, 0.1) is 5.92 Å². The summed E-state index contributed by atoms with van der Waals surface area (Å²) >= 11 is 3.67. The Labute approximate surface area is 107 Å². The van der Waals surface area contributed by atoms with Crippen LogP contribution in [-0.4, -0.2) is 23.4 Å². The van der Waals surface area contributed by atoms with Gasteiger partial charge in [0.1, 0.15) is 0 Å². The molecule has 0 spiro atoms. The molecule has 92 valence electrons. The summed E-state index contributed by atoms with van der Waals surface area (Å²) in [5.74, 6) is 0.682. The maximum absolute atomic E-state index is 4.53. The summed E-state index contributed by atoms with van der Waals surface area (Å²) in [6, 6.07) is 0. The molecule has 1 rings (SSSR count). The Morgan fingerprint density at radius 2 is 2.12 bits per heavy atom. The molecule has 0 saturated carbocycles. The molecule has 1 atom stereocenters. The van der Waals surface area contributed by atoms with Gasteiger partial charge in [-0.3, -0.25) is 4.68 Å². The van der Waals surface area contributed by atoms with Crippen LogP contribution < -0.4 is 5.32 Å². The van der Waals surface area contributed by atoms with Gasteiger partial charge in [-0.1, -0.05) is 20.3 Å². The van der Waals surface area contributed by atoms with Crippen LogP contribution in [0.3, 0.4) is 0 Å². The van der Waals surface area contributed by atoms with E-state index < -0.39 is 0 Å². The molecular formula is C12H22BrN3. The van der Waals surface area contributed by atoms with E-state index in [1.807, 2.05) is 18.8 Å². The summed E-state index contributed by atoms with van der Waals surface area (Å²) in [5.41, 5.74) is 2.48. The molecule has 1 aromatic heterocycles. The Kier molecular flexibility index (Phi) is 5.49. The Morgan fingerprint density at radius 3 is 2.56 bits per heavy atom. The van der Waals surface area contributed by atoms with Crippen LogP contribution in [-0.2, 0) is 19.9 Å². The van der Waals surface area contributed by atoms with Crippen LogP contribution in [0.15, 0.2) is 4.47 Å². The Bertz CT molecular complexity index is 333. The lowest BCUT2D eigenvalue weighted by molar-refractivity contribution is 0.465. The van der Waals surface area contributed by atoms with E-state index in [2.05, 4.69) is 40.2 Å². The third-order valence-electron chi connectivity index (χ3n) is 3.06. The van der Waals surface area contributed by atoms with Crippen molar-refractivity contribution < 1.29 is 0 Å². The number of nitrogens with one attached hydrogen (secondary N) is 1. The second-order valence-electron chi connectivity index (χ2n) is 4.22. The number of hydrogen-bond acceptors (Lipinski definition) is 2. The minimum Gasteiger partial charge on any atom is -0.319 e. The van der Waals surface area contributed by atoms with Crippen molar-refractivity contribution in [3.63, 3.8) is 0 Å². The minimum absolute atomic E-state index is 0.682. The number of rotatable bonds is 6. The molecule has 0 fully saturated rings. The molecule has 0 bridgehead atoms. The van der Waals surface area contributed by atoms with Crippen LogP contribution in [0.25, 0.3) is 0 Å². The van der Waals surface area contributed by atoms with Gasteiger partial charge in [0.2, 0.25) is 0 Å². The maximum Gasteiger partial charge on any atom is 0.0766 e. The second-order valence-corrected chi connectivity index (χ2v) is 5.01. The summed E-state index contributed by atoms with van der Waals surface area (Å²) in [4.78, 5) is 0. The average Bonchev–Trinajstić information content (AvgIpc) is 2.55. The molecule has 3 nitrogen and oxygen atoms in total. The van der Waals surface area contributed by atoms with Crippen molar-refractivity contribution in [1.29, 1.82) is 0 Å². The van der Waals surface area contributed by atoms with Gasteiger partial charge in [0, 0.05) is 7.05 Å². The summed E-state index contributed by atoms with van der Waals surface area (Å²) in [7, 11) is 4.05. The largest absolute Gasteiger partial charge is 0.319 e. The fourth-order valence-corrected chi connectivity index (χ4v) is 2.74. The van der Waals surface area contributed by atoms with Crippen molar-refractivity contribution in [2.75, 3.05) is 13.6 Å². The molecular weight excluding hydrogens is 266 g/mol. The molecule has 16 heavy (non-hydrogen) atoms. The van der Waals surface area contributed by atoms with Gasteiger partial charge in [-0.25, -0.2) is 0 Å². The first-order valence-corrected chi connectivity index (χ1v) is 6.78. The third kappa shape index (κ3) is 3.08. The summed E-state index contributed by atoms with van der Waals surface area (Å²) in [5, 5.41) is 7.78. The smallest absolute Gasteiger partial charge is 0.0766 e. The van der Waals surface area contributed by atoms with E-state index in [-0.39, 0.29) is 0 Å². The van der Waals surface area contributed by atoms with Crippen LogP contribution in [0.5, 0.6) is 0 Å². The van der Waals surface area contributed by atoms with E-state index in [1.54, 1.807) is 0 Å². The average molecular weight is 288 g/mol. The van der Waals surface area contributed by atoms with E-state index >= 15 is 0 Å². The molecule has 4 heteroatoms. The summed E-state index contributed by atoms with van der Waals surface area (Å²) < 4.78 is 3.22. The zero-order valence-electron chi connectivity index (χ0n) is 10.7. The number of aromatic nitrogens is 2. The Hall–Kier alpha value is -0.350. The zero-order chi connectivity index (χ0) is 12.1. The first kappa shape index (κ1) is 13.7. The van der Waals surface area contributed by atoms with Crippen molar-refractivity contribution >= 4 is 15.9 Å². The highest BCUT2D eigenvalue weighted by Gasteiger charge is 2.16. The standard InChI is InChI=1S/C12H22BrN3/c1-5-9(8-14-3)7-11-12(13)10(6-2)15-16(11)4/h9,14H,5-8H2,1-4H3. The van der Waals surface area contributed by atoms with Crippen molar-refractivity contribution in [3.05, 3.63) is 15.9 Å². The molecule has 0 aliphatic rings. The summed E-state index contributed by atoms with van der Waals surface area (Å²) in [6.07, 6.45) is 3.26. The molecule has 0 saturated heterocycles. The minimum atomic E-state index is 0.682.